The van der Waals surface area contributed by atoms with E-state index in [0.717, 1.165) is 26.2 Å². The van der Waals surface area contributed by atoms with Gasteiger partial charge in [-0.2, -0.15) is 9.40 Å². The number of aromatic nitrogens is 2. The summed E-state index contributed by atoms with van der Waals surface area (Å²) in [5, 5.41) is 9.77. The highest BCUT2D eigenvalue weighted by atomic mass is 32.2. The molecule has 0 aromatic carbocycles. The van der Waals surface area contributed by atoms with Crippen molar-refractivity contribution in [2.24, 2.45) is 0 Å². The van der Waals surface area contributed by atoms with E-state index in [2.05, 4.69) is 20.4 Å². The third kappa shape index (κ3) is 2.29. The van der Waals surface area contributed by atoms with Crippen molar-refractivity contribution >= 4 is 10.0 Å². The molecule has 0 amide bonds. The Balaban J connectivity index is 1.65. The number of aromatic amines is 1. The zero-order valence-electron chi connectivity index (χ0n) is 11.0. The van der Waals surface area contributed by atoms with Gasteiger partial charge in [0.2, 0.25) is 10.0 Å². The molecule has 2 fully saturated rings. The van der Waals surface area contributed by atoms with Gasteiger partial charge in [0.15, 0.2) is 0 Å². The molecule has 0 spiro atoms. The van der Waals surface area contributed by atoms with Gasteiger partial charge in [0, 0.05) is 45.3 Å². The summed E-state index contributed by atoms with van der Waals surface area (Å²) in [5.41, 5.74) is 0.602. The average molecular weight is 285 g/mol. The van der Waals surface area contributed by atoms with Crippen molar-refractivity contribution in [3.05, 3.63) is 11.9 Å². The lowest BCUT2D eigenvalue weighted by molar-refractivity contribution is 0.0773. The van der Waals surface area contributed by atoms with Gasteiger partial charge in [0.05, 0.1) is 11.9 Å². The summed E-state index contributed by atoms with van der Waals surface area (Å²) in [6.07, 6.45) is 1.39. The van der Waals surface area contributed by atoms with Crippen LogP contribution in [-0.2, 0) is 10.0 Å². The van der Waals surface area contributed by atoms with Crippen molar-refractivity contribution in [1.82, 2.24) is 24.7 Å². The highest BCUT2D eigenvalue weighted by Crippen LogP contribution is 2.25. The summed E-state index contributed by atoms with van der Waals surface area (Å²) in [4.78, 5) is 2.66. The van der Waals surface area contributed by atoms with Gasteiger partial charge in [-0.3, -0.25) is 10.00 Å². The standard InChI is InChI=1S/C11H19N5O2S/c1-9-11(6-13-14-9)19(17,18)16-7-10(8-16)15-4-2-12-3-5-15/h6,10,12H,2-5,7-8H2,1H3,(H,13,14). The minimum atomic E-state index is -3.36. The Hall–Kier alpha value is -0.960. The average Bonchev–Trinajstić information content (AvgIpc) is 2.75. The zero-order chi connectivity index (χ0) is 13.5. The maximum Gasteiger partial charge on any atom is 0.246 e. The van der Waals surface area contributed by atoms with Gasteiger partial charge in [0.1, 0.15) is 4.90 Å². The van der Waals surface area contributed by atoms with Gasteiger partial charge in [-0.05, 0) is 6.92 Å². The Bertz CT molecular complexity index is 543. The number of hydrogen-bond donors (Lipinski definition) is 2. The number of nitrogens with zero attached hydrogens (tertiary/aromatic N) is 3. The van der Waals surface area contributed by atoms with Crippen LogP contribution >= 0.6 is 0 Å². The molecule has 0 aliphatic carbocycles. The van der Waals surface area contributed by atoms with Gasteiger partial charge in [-0.15, -0.1) is 0 Å². The molecule has 1 aromatic heterocycles. The normalized spacial score (nSPS) is 23.4. The summed E-state index contributed by atoms with van der Waals surface area (Å²) in [7, 11) is -3.36. The van der Waals surface area contributed by atoms with Crippen molar-refractivity contribution in [2.75, 3.05) is 39.3 Å². The van der Waals surface area contributed by atoms with E-state index in [4.69, 9.17) is 0 Å². The van der Waals surface area contributed by atoms with E-state index in [9.17, 15) is 8.42 Å². The molecular weight excluding hydrogens is 266 g/mol. The fourth-order valence-corrected chi connectivity index (χ4v) is 4.26. The Labute approximate surface area is 113 Å². The molecule has 0 atom stereocenters. The largest absolute Gasteiger partial charge is 0.314 e. The van der Waals surface area contributed by atoms with Crippen molar-refractivity contribution in [2.45, 2.75) is 17.9 Å². The quantitative estimate of drug-likeness (QED) is 0.744. The number of aryl methyl sites for hydroxylation is 1. The van der Waals surface area contributed by atoms with Crippen LogP contribution in [0.3, 0.4) is 0 Å². The molecule has 3 heterocycles. The predicted molar refractivity (Wildman–Crippen MR) is 70.3 cm³/mol. The topological polar surface area (TPSA) is 81.3 Å². The summed E-state index contributed by atoms with van der Waals surface area (Å²) in [6, 6.07) is 0.365. The van der Waals surface area contributed by atoms with Crippen LogP contribution in [0, 0.1) is 6.92 Å². The second kappa shape index (κ2) is 4.86. The summed E-state index contributed by atoms with van der Waals surface area (Å²) >= 11 is 0. The summed E-state index contributed by atoms with van der Waals surface area (Å²) in [6.45, 7) is 6.90. The minimum absolute atomic E-state index is 0.297. The van der Waals surface area contributed by atoms with Gasteiger partial charge in [-0.1, -0.05) is 0 Å². The molecule has 2 N–H and O–H groups in total. The third-order valence-electron chi connectivity index (χ3n) is 3.90. The molecule has 7 nitrogen and oxygen atoms in total. The first-order chi connectivity index (χ1) is 9.09. The predicted octanol–water partition coefficient (Wildman–Crippen LogP) is -1.00. The third-order valence-corrected chi connectivity index (χ3v) is 5.84. The number of rotatable bonds is 3. The van der Waals surface area contributed by atoms with E-state index in [0.29, 0.717) is 29.7 Å². The van der Waals surface area contributed by atoms with Gasteiger partial charge in [-0.25, -0.2) is 8.42 Å². The van der Waals surface area contributed by atoms with Crippen molar-refractivity contribution in [3.63, 3.8) is 0 Å². The van der Waals surface area contributed by atoms with Crippen LogP contribution in [0.5, 0.6) is 0 Å². The molecule has 2 aliphatic heterocycles. The first-order valence-corrected chi connectivity index (χ1v) is 7.98. The van der Waals surface area contributed by atoms with Crippen LogP contribution in [0.1, 0.15) is 5.69 Å². The molecule has 0 radical (unpaired) electrons. The Morgan fingerprint density at radius 2 is 2.00 bits per heavy atom. The highest BCUT2D eigenvalue weighted by Gasteiger charge is 2.40. The fourth-order valence-electron chi connectivity index (χ4n) is 2.63. The minimum Gasteiger partial charge on any atom is -0.314 e. The molecule has 106 valence electrons. The molecule has 0 bridgehead atoms. The molecule has 19 heavy (non-hydrogen) atoms. The first kappa shape index (κ1) is 13.0. The van der Waals surface area contributed by atoms with Crippen LogP contribution < -0.4 is 5.32 Å². The van der Waals surface area contributed by atoms with E-state index in [1.54, 1.807) is 6.92 Å². The van der Waals surface area contributed by atoms with E-state index in [1.807, 2.05) is 0 Å². The second-order valence-corrected chi connectivity index (χ2v) is 7.03. The number of nitrogens with one attached hydrogen (secondary N) is 2. The maximum absolute atomic E-state index is 12.4. The Morgan fingerprint density at radius 3 is 2.58 bits per heavy atom. The van der Waals surface area contributed by atoms with Crippen molar-refractivity contribution < 1.29 is 8.42 Å². The molecule has 0 unspecified atom stereocenters. The molecule has 0 saturated carbocycles. The lowest BCUT2D eigenvalue weighted by Gasteiger charge is -2.45. The van der Waals surface area contributed by atoms with Crippen LogP contribution in [-0.4, -0.2) is 73.1 Å². The number of piperazine rings is 1. The summed E-state index contributed by atoms with van der Waals surface area (Å²) < 4.78 is 26.3. The van der Waals surface area contributed by atoms with Crippen molar-refractivity contribution in [3.8, 4) is 0 Å². The van der Waals surface area contributed by atoms with Crippen molar-refractivity contribution in [1.29, 1.82) is 0 Å². The Kier molecular flexibility index (Phi) is 3.34. The number of sulfonamides is 1. The van der Waals surface area contributed by atoms with Crippen LogP contribution in [0.2, 0.25) is 0 Å². The van der Waals surface area contributed by atoms with E-state index in [1.165, 1.54) is 10.5 Å². The molecule has 1 aromatic rings. The molecule has 2 aliphatic rings. The molecule has 2 saturated heterocycles. The summed E-state index contributed by atoms with van der Waals surface area (Å²) in [5.74, 6) is 0. The smallest absolute Gasteiger partial charge is 0.246 e. The molecule has 8 heteroatoms. The van der Waals surface area contributed by atoms with Gasteiger partial charge in [0.25, 0.3) is 0 Å². The van der Waals surface area contributed by atoms with E-state index in [-0.39, 0.29) is 0 Å². The van der Waals surface area contributed by atoms with Crippen LogP contribution in [0.25, 0.3) is 0 Å². The maximum atomic E-state index is 12.4. The van der Waals surface area contributed by atoms with Crippen LogP contribution in [0.4, 0.5) is 0 Å². The second-order valence-electron chi connectivity index (χ2n) is 5.12. The lowest BCUT2D eigenvalue weighted by atomic mass is 10.1. The SMILES string of the molecule is Cc1[nH]ncc1S(=O)(=O)N1CC(N2CCNCC2)C1. The zero-order valence-corrected chi connectivity index (χ0v) is 11.8. The first-order valence-electron chi connectivity index (χ1n) is 6.54. The van der Waals surface area contributed by atoms with Gasteiger partial charge < -0.3 is 5.32 Å². The van der Waals surface area contributed by atoms with E-state index < -0.39 is 10.0 Å². The molecular formula is C11H19N5O2S. The number of hydrogen-bond acceptors (Lipinski definition) is 5. The number of H-pyrrole nitrogens is 1. The lowest BCUT2D eigenvalue weighted by Crippen LogP contribution is -2.63. The van der Waals surface area contributed by atoms with Crippen LogP contribution in [0.15, 0.2) is 11.1 Å². The molecule has 3 rings (SSSR count). The Morgan fingerprint density at radius 1 is 1.32 bits per heavy atom. The monoisotopic (exact) mass is 285 g/mol. The van der Waals surface area contributed by atoms with Gasteiger partial charge >= 0.3 is 0 Å². The van der Waals surface area contributed by atoms with E-state index >= 15 is 0 Å². The fraction of sp³-hybridized carbons (Fsp3) is 0.727. The highest BCUT2D eigenvalue weighted by molar-refractivity contribution is 7.89.